The third-order valence-corrected chi connectivity index (χ3v) is 14.5. The van der Waals surface area contributed by atoms with Gasteiger partial charge in [-0.3, -0.25) is 15.4 Å². The molecule has 0 bridgehead atoms. The molecule has 5 heterocycles. The van der Waals surface area contributed by atoms with E-state index in [1.807, 2.05) is 0 Å². The number of allylic oxidation sites excluding steroid dienone is 11. The van der Waals surface area contributed by atoms with Crippen molar-refractivity contribution in [3.8, 4) is 0 Å². The molecule has 11 unspecified atom stereocenters. The number of hydrogen-bond acceptors (Lipinski definition) is 6. The minimum absolute atomic E-state index is 0.0299. The zero-order valence-electron chi connectivity index (χ0n) is 31.2. The number of aliphatic imine (C=N–C) groups is 1. The van der Waals surface area contributed by atoms with E-state index in [1.165, 1.54) is 37.7 Å². The lowest BCUT2D eigenvalue weighted by atomic mass is 9.64. The summed E-state index contributed by atoms with van der Waals surface area (Å²) in [6.07, 6.45) is 45.0. The minimum Gasteiger partial charge on any atom is -0.300 e. The molecule has 9 aliphatic rings. The second-order valence-corrected chi connectivity index (χ2v) is 17.1. The third kappa shape index (κ3) is 5.36. The molecule has 52 heavy (non-hydrogen) atoms. The van der Waals surface area contributed by atoms with Gasteiger partial charge in [0.05, 0.1) is 17.6 Å². The fraction of sp³-hybridized carbons (Fsp3) is 0.533. The quantitative estimate of drug-likeness (QED) is 0.202. The number of aryl methyl sites for hydroxylation is 1. The number of rotatable bonds is 9. The molecule has 11 atom stereocenters. The number of nitrogens with zero attached hydrogens (tertiary/aromatic N) is 5. The highest BCUT2D eigenvalue weighted by Gasteiger charge is 2.60. The van der Waals surface area contributed by atoms with Crippen LogP contribution in [0.3, 0.4) is 0 Å². The number of aromatic amines is 1. The zero-order valence-corrected chi connectivity index (χ0v) is 31.2. The normalized spacial score (nSPS) is 40.3. The van der Waals surface area contributed by atoms with E-state index in [-0.39, 0.29) is 11.0 Å². The number of dihydropyridines is 1. The van der Waals surface area contributed by atoms with E-state index in [2.05, 4.69) is 131 Å². The van der Waals surface area contributed by atoms with Crippen LogP contribution in [0.4, 0.5) is 0 Å². The van der Waals surface area contributed by atoms with Gasteiger partial charge in [0.2, 0.25) is 0 Å². The fourth-order valence-electron chi connectivity index (χ4n) is 11.5. The first-order chi connectivity index (χ1) is 25.5. The van der Waals surface area contributed by atoms with E-state index in [0.717, 1.165) is 56.0 Å². The summed E-state index contributed by atoms with van der Waals surface area (Å²) in [4.78, 5) is 9.92. The van der Waals surface area contributed by atoms with Gasteiger partial charge in [-0.05, 0) is 105 Å². The summed E-state index contributed by atoms with van der Waals surface area (Å²) < 4.78 is 0. The Morgan fingerprint density at radius 1 is 1.02 bits per heavy atom. The van der Waals surface area contributed by atoms with E-state index < -0.39 is 0 Å². The van der Waals surface area contributed by atoms with Crippen LogP contribution in [0, 0.1) is 29.1 Å². The van der Waals surface area contributed by atoms with Crippen LogP contribution < -0.4 is 5.32 Å². The Balaban J connectivity index is 0.777. The van der Waals surface area contributed by atoms with Crippen molar-refractivity contribution in [2.45, 2.75) is 115 Å². The number of hydrogen-bond donors (Lipinski definition) is 2. The highest BCUT2D eigenvalue weighted by molar-refractivity contribution is 6.06. The van der Waals surface area contributed by atoms with Gasteiger partial charge in [0.25, 0.3) is 0 Å². The Kier molecular flexibility index (Phi) is 8.08. The van der Waals surface area contributed by atoms with Crippen LogP contribution in [0.5, 0.6) is 0 Å². The SMILES string of the molecule is CCC1(CC)C2=C(C=CC(C=CC3N4CC(C5CC=C6C=CC=CC6(C)N5)N34)C2)C2CCC(CCc3nc(C4=NC5CCC=CC5C=C4)n[nH]3)=CC21. The molecule has 10 rings (SSSR count). The Morgan fingerprint density at radius 3 is 2.85 bits per heavy atom. The van der Waals surface area contributed by atoms with Gasteiger partial charge >= 0.3 is 0 Å². The fourth-order valence-corrected chi connectivity index (χ4v) is 11.5. The van der Waals surface area contributed by atoms with Crippen LogP contribution in [-0.4, -0.2) is 67.3 Å². The van der Waals surface area contributed by atoms with Crippen molar-refractivity contribution in [1.82, 2.24) is 30.5 Å². The monoisotopic (exact) mass is 693 g/mol. The molecule has 2 saturated heterocycles. The third-order valence-electron chi connectivity index (χ3n) is 14.5. The molecule has 0 radical (unpaired) electrons. The molecule has 7 nitrogen and oxygen atoms in total. The van der Waals surface area contributed by atoms with Gasteiger partial charge in [-0.15, -0.1) is 0 Å². The molecule has 2 fully saturated rings. The van der Waals surface area contributed by atoms with E-state index >= 15 is 0 Å². The minimum atomic E-state index is -0.0299. The number of fused-ring (bicyclic) bond motifs is 5. The molecule has 0 saturated carbocycles. The molecular formula is C45H55N7. The maximum atomic E-state index is 5.01. The van der Waals surface area contributed by atoms with Crippen molar-refractivity contribution in [2.24, 2.45) is 34.1 Å². The number of hydrazine groups is 1. The summed E-state index contributed by atoms with van der Waals surface area (Å²) in [6.45, 7) is 8.39. The van der Waals surface area contributed by atoms with Crippen molar-refractivity contribution in [1.29, 1.82) is 0 Å². The predicted octanol–water partition coefficient (Wildman–Crippen LogP) is 8.05. The van der Waals surface area contributed by atoms with Crippen molar-refractivity contribution in [3.63, 3.8) is 0 Å². The molecular weight excluding hydrogens is 639 g/mol. The van der Waals surface area contributed by atoms with Gasteiger partial charge in [0.15, 0.2) is 5.82 Å². The topological polar surface area (TPSA) is 72.0 Å². The van der Waals surface area contributed by atoms with Crippen LogP contribution >= 0.6 is 0 Å². The molecule has 7 heteroatoms. The van der Waals surface area contributed by atoms with E-state index in [4.69, 9.17) is 9.98 Å². The lowest BCUT2D eigenvalue weighted by Gasteiger charge is -2.44. The van der Waals surface area contributed by atoms with E-state index in [1.54, 1.807) is 16.7 Å². The smallest absolute Gasteiger partial charge is 0.199 e. The molecule has 0 spiro atoms. The first kappa shape index (κ1) is 33.0. The molecule has 1 aromatic heterocycles. The Bertz CT molecular complexity index is 1920. The first-order valence-corrected chi connectivity index (χ1v) is 20.5. The maximum Gasteiger partial charge on any atom is 0.199 e. The largest absolute Gasteiger partial charge is 0.300 e. The Hall–Kier alpha value is -3.65. The number of aromatic nitrogens is 3. The molecule has 5 aliphatic carbocycles. The van der Waals surface area contributed by atoms with Gasteiger partial charge in [-0.25, -0.2) is 15.0 Å². The van der Waals surface area contributed by atoms with Gasteiger partial charge in [0, 0.05) is 24.9 Å². The second-order valence-electron chi connectivity index (χ2n) is 17.1. The maximum absolute atomic E-state index is 5.01. The summed E-state index contributed by atoms with van der Waals surface area (Å²) in [5, 5.41) is 17.0. The molecule has 1 aromatic rings. The lowest BCUT2D eigenvalue weighted by molar-refractivity contribution is 0.0690. The average molecular weight is 694 g/mol. The van der Waals surface area contributed by atoms with Crippen LogP contribution in [0.1, 0.15) is 90.2 Å². The van der Waals surface area contributed by atoms with E-state index in [0.29, 0.717) is 48.0 Å². The van der Waals surface area contributed by atoms with Gasteiger partial charge in [0.1, 0.15) is 17.7 Å². The Morgan fingerprint density at radius 2 is 1.94 bits per heavy atom. The zero-order chi connectivity index (χ0) is 35.0. The average Bonchev–Trinajstić information content (AvgIpc) is 3.43. The molecule has 2 N–H and O–H groups in total. The van der Waals surface area contributed by atoms with Gasteiger partial charge in [-0.2, -0.15) is 5.10 Å². The predicted molar refractivity (Wildman–Crippen MR) is 209 cm³/mol. The summed E-state index contributed by atoms with van der Waals surface area (Å²) in [5.41, 5.74) is 7.65. The summed E-state index contributed by atoms with van der Waals surface area (Å²) >= 11 is 0. The Labute approximate surface area is 309 Å². The summed E-state index contributed by atoms with van der Waals surface area (Å²) in [6, 6.07) is 1.42. The van der Waals surface area contributed by atoms with Gasteiger partial charge in [-0.1, -0.05) is 104 Å². The second kappa shape index (κ2) is 12.7. The number of nitrogens with one attached hydrogen (secondary N) is 2. The first-order valence-electron chi connectivity index (χ1n) is 20.5. The molecule has 270 valence electrons. The number of H-pyrrole nitrogens is 1. The standard InChI is InChI=1S/C45H55N7/c1-4-45(5-2)35-26-29(15-23-41-47-43(50-49-41)39-21-17-31-10-6-7-12-37(31)46-39)13-19-33(35)34-20-14-30(27-36(34)45)16-24-42-51-28-40(52(42)51)38-22-18-32-11-8-9-25-44(32,3)48-38/h6,8-11,14,16-18,20-21,24-26,30-31,33,35,37-38,40,42,48H,4-5,7,12-13,15,19,22-23,27-28H2,1-3H3,(H,47,49,50). The van der Waals surface area contributed by atoms with Crippen molar-refractivity contribution >= 4 is 5.71 Å². The van der Waals surface area contributed by atoms with Crippen molar-refractivity contribution in [3.05, 3.63) is 119 Å². The highest BCUT2D eigenvalue weighted by atomic mass is 15.9. The van der Waals surface area contributed by atoms with Crippen LogP contribution in [0.2, 0.25) is 0 Å². The molecule has 0 aromatic carbocycles. The van der Waals surface area contributed by atoms with Crippen LogP contribution in [-0.2, 0) is 6.42 Å². The summed E-state index contributed by atoms with van der Waals surface area (Å²) in [7, 11) is 0. The molecule has 4 aliphatic heterocycles. The van der Waals surface area contributed by atoms with Crippen molar-refractivity contribution in [2.75, 3.05) is 6.54 Å². The highest BCUT2D eigenvalue weighted by Crippen LogP contribution is 2.61. The molecule has 0 amide bonds. The van der Waals surface area contributed by atoms with Crippen LogP contribution in [0.15, 0.2) is 112 Å². The summed E-state index contributed by atoms with van der Waals surface area (Å²) in [5.74, 6) is 3.93. The van der Waals surface area contributed by atoms with E-state index in [9.17, 15) is 0 Å². The van der Waals surface area contributed by atoms with Crippen LogP contribution in [0.25, 0.3) is 0 Å². The van der Waals surface area contributed by atoms with Gasteiger partial charge < -0.3 is 0 Å². The lowest BCUT2D eigenvalue weighted by Crippen LogP contribution is -2.61. The van der Waals surface area contributed by atoms with Crippen molar-refractivity contribution < 1.29 is 0 Å².